The van der Waals surface area contributed by atoms with Crippen molar-refractivity contribution in [2.75, 3.05) is 33.4 Å². The number of amides is 1. The molecule has 7 nitrogen and oxygen atoms in total. The summed E-state index contributed by atoms with van der Waals surface area (Å²) in [5.41, 5.74) is 0.937. The monoisotopic (exact) mass is 450 g/mol. The number of hydrogen-bond acceptors (Lipinski definition) is 5. The van der Waals surface area contributed by atoms with E-state index < -0.39 is 15.8 Å². The van der Waals surface area contributed by atoms with Gasteiger partial charge in [0.25, 0.3) is 0 Å². The molecule has 0 aromatic heterocycles. The van der Waals surface area contributed by atoms with Crippen LogP contribution in [0.25, 0.3) is 0 Å². The molecule has 1 saturated heterocycles. The Bertz CT molecular complexity index is 974. The summed E-state index contributed by atoms with van der Waals surface area (Å²) in [6.45, 7) is 1.73. The normalized spacial score (nSPS) is 15.5. The van der Waals surface area contributed by atoms with Gasteiger partial charge in [0.15, 0.2) is 0 Å². The first-order chi connectivity index (χ1) is 14.9. The SMILES string of the molecule is COCCOc1ccc(CNC(=O)C2CCN(S(=O)(=O)c3ccccc3F)CC2)cc1. The Morgan fingerprint density at radius 3 is 2.42 bits per heavy atom. The molecule has 31 heavy (non-hydrogen) atoms. The summed E-state index contributed by atoms with van der Waals surface area (Å²) >= 11 is 0. The summed E-state index contributed by atoms with van der Waals surface area (Å²) < 4.78 is 51.0. The van der Waals surface area contributed by atoms with Crippen molar-refractivity contribution in [2.24, 2.45) is 5.92 Å². The summed E-state index contributed by atoms with van der Waals surface area (Å²) in [5.74, 6) is -0.417. The smallest absolute Gasteiger partial charge is 0.245 e. The molecule has 0 spiro atoms. The van der Waals surface area contributed by atoms with E-state index in [0.29, 0.717) is 32.6 Å². The number of ether oxygens (including phenoxy) is 2. The minimum absolute atomic E-state index is 0.108. The second kappa shape index (κ2) is 10.7. The fourth-order valence-electron chi connectivity index (χ4n) is 3.43. The zero-order chi connectivity index (χ0) is 22.3. The molecule has 3 rings (SSSR count). The van der Waals surface area contributed by atoms with Crippen LogP contribution < -0.4 is 10.1 Å². The van der Waals surface area contributed by atoms with Gasteiger partial charge < -0.3 is 14.8 Å². The highest BCUT2D eigenvalue weighted by molar-refractivity contribution is 7.89. The zero-order valence-electron chi connectivity index (χ0n) is 17.4. The number of nitrogens with zero attached hydrogens (tertiary/aromatic N) is 1. The Morgan fingerprint density at radius 2 is 1.77 bits per heavy atom. The third-order valence-electron chi connectivity index (χ3n) is 5.23. The third-order valence-corrected chi connectivity index (χ3v) is 7.16. The van der Waals surface area contributed by atoms with E-state index in [4.69, 9.17) is 9.47 Å². The summed E-state index contributed by atoms with van der Waals surface area (Å²) in [4.78, 5) is 12.2. The number of nitrogens with one attached hydrogen (secondary N) is 1. The quantitative estimate of drug-likeness (QED) is 0.594. The van der Waals surface area contributed by atoms with Crippen LogP contribution in [0.2, 0.25) is 0 Å². The molecule has 0 unspecified atom stereocenters. The number of halogens is 1. The van der Waals surface area contributed by atoms with E-state index in [1.54, 1.807) is 7.11 Å². The molecule has 168 valence electrons. The molecule has 1 aliphatic rings. The fourth-order valence-corrected chi connectivity index (χ4v) is 4.97. The molecular formula is C22H27FN2O5S. The van der Waals surface area contributed by atoms with Gasteiger partial charge in [0, 0.05) is 32.7 Å². The van der Waals surface area contributed by atoms with Gasteiger partial charge in [-0.3, -0.25) is 4.79 Å². The highest BCUT2D eigenvalue weighted by Crippen LogP contribution is 2.25. The van der Waals surface area contributed by atoms with Gasteiger partial charge in [0.05, 0.1) is 6.61 Å². The zero-order valence-corrected chi connectivity index (χ0v) is 18.2. The molecule has 1 fully saturated rings. The standard InChI is InChI=1S/C22H27FN2O5S/c1-29-14-15-30-19-8-6-17(7-9-19)16-24-22(26)18-10-12-25(13-11-18)31(27,28)21-5-3-2-4-20(21)23/h2-9,18H,10-16H2,1H3,(H,24,26). The van der Waals surface area contributed by atoms with Crippen molar-refractivity contribution in [2.45, 2.75) is 24.3 Å². The van der Waals surface area contributed by atoms with Crippen LogP contribution in [0.15, 0.2) is 53.4 Å². The summed E-state index contributed by atoms with van der Waals surface area (Å²) in [7, 11) is -2.29. The topological polar surface area (TPSA) is 84.9 Å². The lowest BCUT2D eigenvalue weighted by Gasteiger charge is -2.30. The molecule has 1 aliphatic heterocycles. The number of rotatable bonds is 9. The number of carbonyl (C=O) groups excluding carboxylic acids is 1. The van der Waals surface area contributed by atoms with Crippen LogP contribution in [0, 0.1) is 11.7 Å². The summed E-state index contributed by atoms with van der Waals surface area (Å²) in [6.07, 6.45) is 0.789. The lowest BCUT2D eigenvalue weighted by atomic mass is 9.97. The molecule has 1 amide bonds. The first kappa shape index (κ1) is 23.2. The van der Waals surface area contributed by atoms with Crippen LogP contribution in [0.4, 0.5) is 4.39 Å². The molecule has 2 aromatic rings. The number of benzene rings is 2. The van der Waals surface area contributed by atoms with Crippen molar-refractivity contribution in [3.8, 4) is 5.75 Å². The molecule has 0 bridgehead atoms. The molecule has 0 aliphatic carbocycles. The van der Waals surface area contributed by atoms with Crippen molar-refractivity contribution in [1.82, 2.24) is 9.62 Å². The maximum absolute atomic E-state index is 13.9. The molecular weight excluding hydrogens is 423 g/mol. The largest absolute Gasteiger partial charge is 0.491 e. The average molecular weight is 451 g/mol. The van der Waals surface area contributed by atoms with Gasteiger partial charge >= 0.3 is 0 Å². The second-order valence-corrected chi connectivity index (χ2v) is 9.22. The molecule has 1 N–H and O–H groups in total. The van der Waals surface area contributed by atoms with E-state index in [2.05, 4.69) is 5.32 Å². The molecule has 0 radical (unpaired) electrons. The van der Waals surface area contributed by atoms with Crippen LogP contribution in [-0.2, 0) is 26.1 Å². The Balaban J connectivity index is 1.48. The van der Waals surface area contributed by atoms with Crippen molar-refractivity contribution in [3.05, 3.63) is 59.9 Å². The minimum atomic E-state index is -3.90. The number of methoxy groups -OCH3 is 1. The van der Waals surface area contributed by atoms with Crippen LogP contribution in [0.5, 0.6) is 5.75 Å². The number of carbonyl (C=O) groups is 1. The van der Waals surface area contributed by atoms with E-state index in [0.717, 1.165) is 17.4 Å². The van der Waals surface area contributed by atoms with Crippen LogP contribution >= 0.6 is 0 Å². The molecule has 2 aromatic carbocycles. The lowest BCUT2D eigenvalue weighted by molar-refractivity contribution is -0.126. The predicted octanol–water partition coefficient (Wildman–Crippen LogP) is 2.57. The van der Waals surface area contributed by atoms with Crippen molar-refractivity contribution in [1.29, 1.82) is 0 Å². The maximum atomic E-state index is 13.9. The number of piperidine rings is 1. The van der Waals surface area contributed by atoms with Gasteiger partial charge in [0.1, 0.15) is 23.1 Å². The molecule has 1 heterocycles. The molecule has 0 saturated carbocycles. The molecule has 9 heteroatoms. The average Bonchev–Trinajstić information content (AvgIpc) is 2.79. The summed E-state index contributed by atoms with van der Waals surface area (Å²) in [5, 5.41) is 2.91. The van der Waals surface area contributed by atoms with Gasteiger partial charge in [0.2, 0.25) is 15.9 Å². The first-order valence-electron chi connectivity index (χ1n) is 10.1. The Morgan fingerprint density at radius 1 is 1.10 bits per heavy atom. The lowest BCUT2D eigenvalue weighted by Crippen LogP contribution is -2.43. The number of hydrogen-bond donors (Lipinski definition) is 1. The van der Waals surface area contributed by atoms with E-state index in [1.807, 2.05) is 24.3 Å². The van der Waals surface area contributed by atoms with Gasteiger partial charge in [-0.1, -0.05) is 24.3 Å². The van der Waals surface area contributed by atoms with Crippen molar-refractivity contribution >= 4 is 15.9 Å². The van der Waals surface area contributed by atoms with Gasteiger partial charge in [-0.05, 0) is 42.7 Å². The molecule has 0 atom stereocenters. The Kier molecular flexibility index (Phi) is 8.00. The minimum Gasteiger partial charge on any atom is -0.491 e. The Labute approximate surface area is 182 Å². The van der Waals surface area contributed by atoms with Gasteiger partial charge in [-0.15, -0.1) is 0 Å². The highest BCUT2D eigenvalue weighted by atomic mass is 32.2. The summed E-state index contributed by atoms with van der Waals surface area (Å²) in [6, 6.07) is 12.8. The van der Waals surface area contributed by atoms with E-state index in [9.17, 15) is 17.6 Å². The van der Waals surface area contributed by atoms with E-state index >= 15 is 0 Å². The van der Waals surface area contributed by atoms with Crippen LogP contribution in [0.1, 0.15) is 18.4 Å². The first-order valence-corrected chi connectivity index (χ1v) is 11.6. The number of sulfonamides is 1. The van der Waals surface area contributed by atoms with E-state index in [-0.39, 0.29) is 29.8 Å². The maximum Gasteiger partial charge on any atom is 0.245 e. The predicted molar refractivity (Wildman–Crippen MR) is 114 cm³/mol. The second-order valence-electron chi connectivity index (χ2n) is 7.31. The van der Waals surface area contributed by atoms with E-state index in [1.165, 1.54) is 22.5 Å². The van der Waals surface area contributed by atoms with Gasteiger partial charge in [-0.2, -0.15) is 4.31 Å². The Hall–Kier alpha value is -2.49. The van der Waals surface area contributed by atoms with Crippen LogP contribution in [0.3, 0.4) is 0 Å². The van der Waals surface area contributed by atoms with Gasteiger partial charge in [-0.25, -0.2) is 12.8 Å². The fraction of sp³-hybridized carbons (Fsp3) is 0.409. The highest BCUT2D eigenvalue weighted by Gasteiger charge is 2.33. The van der Waals surface area contributed by atoms with Crippen molar-refractivity contribution in [3.63, 3.8) is 0 Å². The van der Waals surface area contributed by atoms with Crippen molar-refractivity contribution < 1.29 is 27.1 Å². The van der Waals surface area contributed by atoms with Crippen LogP contribution in [-0.4, -0.2) is 52.0 Å². The third kappa shape index (κ3) is 6.03.